The second-order valence-corrected chi connectivity index (χ2v) is 8.63. The zero-order chi connectivity index (χ0) is 23.9. The fourth-order valence-corrected chi connectivity index (χ4v) is 4.44. The lowest BCUT2D eigenvalue weighted by Gasteiger charge is -2.37. The topological polar surface area (TPSA) is 70.7 Å². The van der Waals surface area contributed by atoms with Crippen molar-refractivity contribution in [2.45, 2.75) is 31.8 Å². The zero-order valence-electron chi connectivity index (χ0n) is 19.7. The van der Waals surface area contributed by atoms with Crippen LogP contribution in [0.25, 0.3) is 0 Å². The van der Waals surface area contributed by atoms with Crippen molar-refractivity contribution in [3.63, 3.8) is 0 Å². The van der Waals surface area contributed by atoms with E-state index in [0.717, 1.165) is 35.4 Å². The minimum absolute atomic E-state index is 0.0339. The van der Waals surface area contributed by atoms with Gasteiger partial charge in [0.05, 0.1) is 7.11 Å². The lowest BCUT2D eigenvalue weighted by atomic mass is 9.98. The van der Waals surface area contributed by atoms with E-state index in [4.69, 9.17) is 4.74 Å². The standard InChI is InChI=1S/C28H31N3O3/c1-20-8-6-7-11-25(20)27(32)29-23-16-18-31(19-17-23)26(21-9-4-3-5-10-21)28(33)30-22-12-14-24(34-2)15-13-22/h3-15,23,26H,16-19H2,1-2H3,(H,29,32)(H,30,33). The minimum atomic E-state index is -0.406. The molecule has 1 aliphatic heterocycles. The summed E-state index contributed by atoms with van der Waals surface area (Å²) in [6.07, 6.45) is 1.58. The number of nitrogens with one attached hydrogen (secondary N) is 2. The molecule has 3 aromatic rings. The molecule has 2 amide bonds. The highest BCUT2D eigenvalue weighted by atomic mass is 16.5. The van der Waals surface area contributed by atoms with E-state index in [0.29, 0.717) is 18.7 Å². The molecule has 1 fully saturated rings. The van der Waals surface area contributed by atoms with E-state index in [1.165, 1.54) is 0 Å². The van der Waals surface area contributed by atoms with Gasteiger partial charge in [-0.1, -0.05) is 48.5 Å². The van der Waals surface area contributed by atoms with E-state index < -0.39 is 6.04 Å². The third kappa shape index (κ3) is 5.64. The predicted molar refractivity (Wildman–Crippen MR) is 134 cm³/mol. The molecule has 4 rings (SSSR count). The highest BCUT2D eigenvalue weighted by molar-refractivity contribution is 5.96. The Morgan fingerprint density at radius 2 is 1.56 bits per heavy atom. The van der Waals surface area contributed by atoms with Crippen molar-refractivity contribution in [3.05, 3.63) is 95.6 Å². The van der Waals surface area contributed by atoms with Crippen LogP contribution >= 0.6 is 0 Å². The smallest absolute Gasteiger partial charge is 0.251 e. The van der Waals surface area contributed by atoms with Crippen LogP contribution in [0.3, 0.4) is 0 Å². The van der Waals surface area contributed by atoms with Crippen molar-refractivity contribution in [3.8, 4) is 5.75 Å². The minimum Gasteiger partial charge on any atom is -0.497 e. The van der Waals surface area contributed by atoms with Gasteiger partial charge in [0.25, 0.3) is 5.91 Å². The second-order valence-electron chi connectivity index (χ2n) is 8.63. The quantitative estimate of drug-likeness (QED) is 0.545. The molecule has 0 radical (unpaired) electrons. The van der Waals surface area contributed by atoms with Crippen molar-refractivity contribution < 1.29 is 14.3 Å². The molecule has 0 aromatic heterocycles. The summed E-state index contributed by atoms with van der Waals surface area (Å²) in [4.78, 5) is 28.3. The number of hydrogen-bond donors (Lipinski definition) is 2. The number of likely N-dealkylation sites (tertiary alicyclic amines) is 1. The monoisotopic (exact) mass is 457 g/mol. The number of hydrogen-bond acceptors (Lipinski definition) is 4. The molecule has 2 N–H and O–H groups in total. The van der Waals surface area contributed by atoms with Crippen LogP contribution in [-0.2, 0) is 4.79 Å². The Bertz CT molecular complexity index is 1110. The maximum atomic E-state index is 13.4. The van der Waals surface area contributed by atoms with Crippen molar-refractivity contribution in [2.24, 2.45) is 0 Å². The van der Waals surface area contributed by atoms with Gasteiger partial charge < -0.3 is 15.4 Å². The molecule has 0 saturated carbocycles. The number of anilines is 1. The molecule has 176 valence electrons. The first-order valence-electron chi connectivity index (χ1n) is 11.7. The largest absolute Gasteiger partial charge is 0.497 e. The van der Waals surface area contributed by atoms with E-state index in [1.807, 2.05) is 85.8 Å². The van der Waals surface area contributed by atoms with Gasteiger partial charge in [0, 0.05) is 30.4 Å². The van der Waals surface area contributed by atoms with E-state index in [1.54, 1.807) is 7.11 Å². The Hall–Kier alpha value is -3.64. The number of nitrogens with zero attached hydrogens (tertiary/aromatic N) is 1. The number of benzene rings is 3. The van der Waals surface area contributed by atoms with E-state index in [9.17, 15) is 9.59 Å². The Morgan fingerprint density at radius 3 is 2.21 bits per heavy atom. The van der Waals surface area contributed by atoms with Crippen LogP contribution in [0.2, 0.25) is 0 Å². The second kappa shape index (κ2) is 11.0. The third-order valence-corrected chi connectivity index (χ3v) is 6.34. The van der Waals surface area contributed by atoms with Crippen molar-refractivity contribution >= 4 is 17.5 Å². The number of piperidine rings is 1. The van der Waals surface area contributed by atoms with Gasteiger partial charge >= 0.3 is 0 Å². The predicted octanol–water partition coefficient (Wildman–Crippen LogP) is 4.58. The summed E-state index contributed by atoms with van der Waals surface area (Å²) in [7, 11) is 1.62. The zero-order valence-corrected chi connectivity index (χ0v) is 19.7. The van der Waals surface area contributed by atoms with Crippen LogP contribution in [0.5, 0.6) is 5.75 Å². The molecule has 1 aliphatic rings. The summed E-state index contributed by atoms with van der Waals surface area (Å²) in [5.74, 6) is 0.639. The molecular formula is C28H31N3O3. The summed E-state index contributed by atoms with van der Waals surface area (Å²) in [5, 5.41) is 6.23. The fraction of sp³-hybridized carbons (Fsp3) is 0.286. The molecule has 1 heterocycles. The number of carbonyl (C=O) groups excluding carboxylic acids is 2. The van der Waals surface area contributed by atoms with E-state index in [2.05, 4.69) is 15.5 Å². The lowest BCUT2D eigenvalue weighted by molar-refractivity contribution is -0.122. The van der Waals surface area contributed by atoms with Gasteiger partial charge in [0.15, 0.2) is 0 Å². The van der Waals surface area contributed by atoms with Crippen molar-refractivity contribution in [2.75, 3.05) is 25.5 Å². The molecule has 0 aliphatic carbocycles. The Morgan fingerprint density at radius 1 is 0.912 bits per heavy atom. The highest BCUT2D eigenvalue weighted by Gasteiger charge is 2.31. The van der Waals surface area contributed by atoms with Crippen LogP contribution in [0.15, 0.2) is 78.9 Å². The maximum absolute atomic E-state index is 13.4. The van der Waals surface area contributed by atoms with E-state index >= 15 is 0 Å². The Balaban J connectivity index is 1.43. The fourth-order valence-electron chi connectivity index (χ4n) is 4.44. The highest BCUT2D eigenvalue weighted by Crippen LogP contribution is 2.27. The molecule has 34 heavy (non-hydrogen) atoms. The lowest BCUT2D eigenvalue weighted by Crippen LogP contribution is -2.48. The molecule has 6 heteroatoms. The number of amides is 2. The molecule has 1 unspecified atom stereocenters. The summed E-state index contributed by atoms with van der Waals surface area (Å²) < 4.78 is 5.21. The molecule has 6 nitrogen and oxygen atoms in total. The van der Waals surface area contributed by atoms with Gasteiger partial charge in [-0.3, -0.25) is 14.5 Å². The summed E-state index contributed by atoms with van der Waals surface area (Å²) in [5.41, 5.74) is 3.37. The van der Waals surface area contributed by atoms with Crippen LogP contribution in [0.4, 0.5) is 5.69 Å². The van der Waals surface area contributed by atoms with Crippen LogP contribution < -0.4 is 15.4 Å². The molecule has 1 saturated heterocycles. The number of ether oxygens (including phenoxy) is 1. The summed E-state index contributed by atoms with van der Waals surface area (Å²) in [6, 6.07) is 24.5. The van der Waals surface area contributed by atoms with Gasteiger partial charge in [0.2, 0.25) is 5.91 Å². The maximum Gasteiger partial charge on any atom is 0.251 e. The van der Waals surface area contributed by atoms with Gasteiger partial charge in [-0.15, -0.1) is 0 Å². The summed E-state index contributed by atoms with van der Waals surface area (Å²) in [6.45, 7) is 3.38. The van der Waals surface area contributed by atoms with Crippen molar-refractivity contribution in [1.82, 2.24) is 10.2 Å². The molecule has 1 atom stereocenters. The SMILES string of the molecule is COc1ccc(NC(=O)C(c2ccccc2)N2CCC(NC(=O)c3ccccc3C)CC2)cc1. The first-order valence-corrected chi connectivity index (χ1v) is 11.7. The molecule has 0 spiro atoms. The van der Waals surface area contributed by atoms with Crippen LogP contribution in [0, 0.1) is 6.92 Å². The van der Waals surface area contributed by atoms with E-state index in [-0.39, 0.29) is 17.9 Å². The molecule has 0 bridgehead atoms. The number of carbonyl (C=O) groups is 2. The summed E-state index contributed by atoms with van der Waals surface area (Å²) >= 11 is 0. The number of rotatable bonds is 7. The Kier molecular flexibility index (Phi) is 7.60. The number of methoxy groups -OCH3 is 1. The van der Waals surface area contributed by atoms with Gasteiger partial charge in [-0.05, 0) is 61.2 Å². The van der Waals surface area contributed by atoms with Gasteiger partial charge in [-0.2, -0.15) is 0 Å². The average molecular weight is 458 g/mol. The molecular weight excluding hydrogens is 426 g/mol. The number of aryl methyl sites for hydroxylation is 1. The first-order chi connectivity index (χ1) is 16.5. The molecule has 3 aromatic carbocycles. The first kappa shape index (κ1) is 23.5. The normalized spacial score (nSPS) is 15.4. The van der Waals surface area contributed by atoms with Crippen LogP contribution in [0.1, 0.15) is 40.4 Å². The third-order valence-electron chi connectivity index (χ3n) is 6.34. The van der Waals surface area contributed by atoms with Crippen molar-refractivity contribution in [1.29, 1.82) is 0 Å². The van der Waals surface area contributed by atoms with Gasteiger partial charge in [0.1, 0.15) is 11.8 Å². The van der Waals surface area contributed by atoms with Gasteiger partial charge in [-0.25, -0.2) is 0 Å². The van der Waals surface area contributed by atoms with Crippen LogP contribution in [-0.4, -0.2) is 43.0 Å². The average Bonchev–Trinajstić information content (AvgIpc) is 2.86. The Labute approximate surface area is 200 Å².